The van der Waals surface area contributed by atoms with Crippen LogP contribution >= 0.6 is 0 Å². The predicted octanol–water partition coefficient (Wildman–Crippen LogP) is 1.41. The van der Waals surface area contributed by atoms with Crippen LogP contribution in [0.15, 0.2) is 4.52 Å². The Morgan fingerprint density at radius 3 is 2.79 bits per heavy atom. The monoisotopic (exact) mass is 206 g/mol. The molecule has 0 unspecified atom stereocenters. The molecule has 1 aromatic rings. The van der Waals surface area contributed by atoms with Crippen molar-refractivity contribution in [2.75, 3.05) is 0 Å². The van der Waals surface area contributed by atoms with Gasteiger partial charge >= 0.3 is 12.4 Å². The second-order valence-corrected chi connectivity index (χ2v) is 2.60. The quantitative estimate of drug-likeness (QED) is 0.788. The standard InChI is InChI=1S/C7H8F2N2O3/c8-6(9)7-10-4(11-14-7)2-1-3-5(12)13/h6H,1-3H2,(H,12,13). The van der Waals surface area contributed by atoms with E-state index in [-0.39, 0.29) is 18.7 Å². The number of hydrogen-bond acceptors (Lipinski definition) is 4. The van der Waals surface area contributed by atoms with E-state index in [0.717, 1.165) is 0 Å². The first-order chi connectivity index (χ1) is 6.59. The zero-order chi connectivity index (χ0) is 10.6. The lowest BCUT2D eigenvalue weighted by Crippen LogP contribution is -1.97. The molecule has 0 amide bonds. The topological polar surface area (TPSA) is 76.2 Å². The van der Waals surface area contributed by atoms with Gasteiger partial charge in [-0.05, 0) is 6.42 Å². The lowest BCUT2D eigenvalue weighted by Gasteiger charge is -1.90. The summed E-state index contributed by atoms with van der Waals surface area (Å²) in [5.41, 5.74) is 0. The van der Waals surface area contributed by atoms with Gasteiger partial charge in [-0.15, -0.1) is 0 Å². The number of alkyl halides is 2. The molecule has 1 rings (SSSR count). The number of rotatable bonds is 5. The molecular weight excluding hydrogens is 198 g/mol. The molecule has 0 fully saturated rings. The van der Waals surface area contributed by atoms with Crippen LogP contribution in [0.1, 0.15) is 31.0 Å². The van der Waals surface area contributed by atoms with E-state index in [0.29, 0.717) is 6.42 Å². The fourth-order valence-corrected chi connectivity index (χ4v) is 0.855. The van der Waals surface area contributed by atoms with Crippen molar-refractivity contribution < 1.29 is 23.2 Å². The molecule has 0 aliphatic rings. The molecule has 5 nitrogen and oxygen atoms in total. The molecular formula is C7H8F2N2O3. The van der Waals surface area contributed by atoms with E-state index < -0.39 is 18.3 Å². The van der Waals surface area contributed by atoms with Crippen LogP contribution in [0.25, 0.3) is 0 Å². The van der Waals surface area contributed by atoms with Gasteiger partial charge in [-0.2, -0.15) is 13.8 Å². The zero-order valence-corrected chi connectivity index (χ0v) is 7.11. The van der Waals surface area contributed by atoms with E-state index in [9.17, 15) is 13.6 Å². The SMILES string of the molecule is O=C(O)CCCc1noc(C(F)F)n1. The van der Waals surface area contributed by atoms with E-state index >= 15 is 0 Å². The fourth-order valence-electron chi connectivity index (χ4n) is 0.855. The number of aryl methyl sites for hydroxylation is 1. The molecule has 0 aliphatic heterocycles. The highest BCUT2D eigenvalue weighted by molar-refractivity contribution is 5.66. The second kappa shape index (κ2) is 4.64. The lowest BCUT2D eigenvalue weighted by atomic mass is 10.2. The Morgan fingerprint density at radius 1 is 1.57 bits per heavy atom. The third-order valence-corrected chi connectivity index (χ3v) is 1.46. The summed E-state index contributed by atoms with van der Waals surface area (Å²) < 4.78 is 28.1. The van der Waals surface area contributed by atoms with Crippen LogP contribution in [0.4, 0.5) is 8.78 Å². The number of nitrogens with zero attached hydrogens (tertiary/aromatic N) is 2. The van der Waals surface area contributed by atoms with Crippen LogP contribution in [0.5, 0.6) is 0 Å². The van der Waals surface area contributed by atoms with Gasteiger partial charge in [-0.3, -0.25) is 4.79 Å². The highest BCUT2D eigenvalue weighted by atomic mass is 19.3. The summed E-state index contributed by atoms with van der Waals surface area (Å²) in [6, 6.07) is 0. The van der Waals surface area contributed by atoms with Crippen molar-refractivity contribution in [1.82, 2.24) is 10.1 Å². The Labute approximate surface area is 77.7 Å². The zero-order valence-electron chi connectivity index (χ0n) is 7.11. The Hall–Kier alpha value is -1.53. The van der Waals surface area contributed by atoms with Gasteiger partial charge in [0.05, 0.1) is 0 Å². The average molecular weight is 206 g/mol. The van der Waals surface area contributed by atoms with Crippen LogP contribution in [-0.2, 0) is 11.2 Å². The van der Waals surface area contributed by atoms with Crippen molar-refractivity contribution in [2.45, 2.75) is 25.7 Å². The molecule has 0 saturated heterocycles. The van der Waals surface area contributed by atoms with Gasteiger partial charge in [0.25, 0.3) is 5.89 Å². The highest BCUT2D eigenvalue weighted by Crippen LogP contribution is 2.16. The molecule has 0 saturated carbocycles. The number of halogens is 2. The minimum absolute atomic E-state index is 0.0431. The summed E-state index contributed by atoms with van der Waals surface area (Å²) in [6.07, 6.45) is -2.30. The molecule has 0 aromatic carbocycles. The third-order valence-electron chi connectivity index (χ3n) is 1.46. The maximum atomic E-state index is 11.9. The number of carboxylic acids is 1. The number of carboxylic acid groups (broad SMARTS) is 1. The van der Waals surface area contributed by atoms with Crippen molar-refractivity contribution >= 4 is 5.97 Å². The molecule has 7 heteroatoms. The lowest BCUT2D eigenvalue weighted by molar-refractivity contribution is -0.137. The summed E-state index contributed by atoms with van der Waals surface area (Å²) in [5.74, 6) is -1.56. The number of hydrogen-bond donors (Lipinski definition) is 1. The van der Waals surface area contributed by atoms with E-state index in [1.54, 1.807) is 0 Å². The van der Waals surface area contributed by atoms with Gasteiger partial charge in [0.15, 0.2) is 5.82 Å². The Balaban J connectivity index is 2.40. The summed E-state index contributed by atoms with van der Waals surface area (Å²) in [4.78, 5) is 13.5. The van der Waals surface area contributed by atoms with Crippen molar-refractivity contribution in [3.05, 3.63) is 11.7 Å². The molecule has 0 aliphatic carbocycles. The maximum Gasteiger partial charge on any atom is 0.315 e. The van der Waals surface area contributed by atoms with Crippen LogP contribution in [0.3, 0.4) is 0 Å². The summed E-state index contributed by atoms with van der Waals surface area (Å²) >= 11 is 0. The molecule has 1 N–H and O–H groups in total. The molecule has 1 aromatic heterocycles. The average Bonchev–Trinajstić information content (AvgIpc) is 2.52. The molecule has 78 valence electrons. The van der Waals surface area contributed by atoms with Gasteiger partial charge < -0.3 is 9.63 Å². The first-order valence-electron chi connectivity index (χ1n) is 3.92. The fraction of sp³-hybridized carbons (Fsp3) is 0.571. The normalized spacial score (nSPS) is 10.8. The molecule has 14 heavy (non-hydrogen) atoms. The van der Waals surface area contributed by atoms with Crippen LogP contribution in [-0.4, -0.2) is 21.2 Å². The molecule has 0 bridgehead atoms. The largest absolute Gasteiger partial charge is 0.481 e. The summed E-state index contributed by atoms with van der Waals surface area (Å²) in [6.45, 7) is 0. The maximum absolute atomic E-state index is 11.9. The van der Waals surface area contributed by atoms with Gasteiger partial charge in [0.1, 0.15) is 0 Å². The summed E-state index contributed by atoms with van der Waals surface area (Å²) in [7, 11) is 0. The first-order valence-corrected chi connectivity index (χ1v) is 3.92. The molecule has 1 heterocycles. The Morgan fingerprint density at radius 2 is 2.29 bits per heavy atom. The van der Waals surface area contributed by atoms with Crippen LogP contribution in [0.2, 0.25) is 0 Å². The third kappa shape index (κ3) is 3.08. The molecule has 0 atom stereocenters. The van der Waals surface area contributed by atoms with Gasteiger partial charge in [-0.25, -0.2) is 0 Å². The molecule has 0 spiro atoms. The van der Waals surface area contributed by atoms with E-state index in [4.69, 9.17) is 5.11 Å². The molecule has 0 radical (unpaired) electrons. The Bertz CT molecular complexity index is 314. The predicted molar refractivity (Wildman–Crippen MR) is 39.8 cm³/mol. The Kier molecular flexibility index (Phi) is 3.49. The van der Waals surface area contributed by atoms with Gasteiger partial charge in [0, 0.05) is 12.8 Å². The minimum atomic E-state index is -2.78. The van der Waals surface area contributed by atoms with Gasteiger partial charge in [-0.1, -0.05) is 5.16 Å². The smallest absolute Gasteiger partial charge is 0.315 e. The van der Waals surface area contributed by atoms with Crippen LogP contribution < -0.4 is 0 Å². The minimum Gasteiger partial charge on any atom is -0.481 e. The van der Waals surface area contributed by atoms with Gasteiger partial charge in [0.2, 0.25) is 0 Å². The number of aliphatic carboxylic acids is 1. The van der Waals surface area contributed by atoms with Crippen molar-refractivity contribution in [3.8, 4) is 0 Å². The van der Waals surface area contributed by atoms with Crippen molar-refractivity contribution in [3.63, 3.8) is 0 Å². The number of carbonyl (C=O) groups is 1. The van der Waals surface area contributed by atoms with E-state index in [1.807, 2.05) is 0 Å². The van der Waals surface area contributed by atoms with Crippen LogP contribution in [0, 0.1) is 0 Å². The van der Waals surface area contributed by atoms with Crippen molar-refractivity contribution in [2.24, 2.45) is 0 Å². The van der Waals surface area contributed by atoms with Crippen molar-refractivity contribution in [1.29, 1.82) is 0 Å². The van der Waals surface area contributed by atoms with E-state index in [1.165, 1.54) is 0 Å². The second-order valence-electron chi connectivity index (χ2n) is 2.60. The first kappa shape index (κ1) is 10.6. The highest BCUT2D eigenvalue weighted by Gasteiger charge is 2.15. The summed E-state index contributed by atoms with van der Waals surface area (Å²) in [5, 5.41) is 11.6. The van der Waals surface area contributed by atoms with E-state index in [2.05, 4.69) is 14.7 Å². The number of aromatic nitrogens is 2.